The van der Waals surface area contributed by atoms with Crippen molar-refractivity contribution in [2.45, 2.75) is 44.9 Å². The standard InChI is InChI=1S/C17H23N3O/c1-21-9-8-17(6-7-17)12-19-16-14(11-18)10-13-4-2-3-5-15(13)20-16/h10H,2-9,12H2,1H3,(H,19,20). The number of aryl methyl sites for hydroxylation is 2. The molecule has 0 aliphatic heterocycles. The molecule has 1 aromatic heterocycles. The Morgan fingerprint density at radius 3 is 2.90 bits per heavy atom. The molecule has 0 spiro atoms. The van der Waals surface area contributed by atoms with Crippen LogP contribution in [0.4, 0.5) is 5.82 Å². The predicted molar refractivity (Wildman–Crippen MR) is 82.2 cm³/mol. The molecule has 4 nitrogen and oxygen atoms in total. The number of ether oxygens (including phenoxy) is 1. The number of fused-ring (bicyclic) bond motifs is 1. The first-order chi connectivity index (χ1) is 10.3. The summed E-state index contributed by atoms with van der Waals surface area (Å²) in [5.74, 6) is 0.779. The van der Waals surface area contributed by atoms with Crippen molar-refractivity contribution in [1.29, 1.82) is 5.26 Å². The van der Waals surface area contributed by atoms with Crippen molar-refractivity contribution >= 4 is 5.82 Å². The van der Waals surface area contributed by atoms with Crippen LogP contribution in [0.15, 0.2) is 6.07 Å². The maximum absolute atomic E-state index is 9.36. The Morgan fingerprint density at radius 1 is 1.38 bits per heavy atom. The molecule has 1 heterocycles. The van der Waals surface area contributed by atoms with Gasteiger partial charge in [0.05, 0.1) is 5.56 Å². The number of pyridine rings is 1. The van der Waals surface area contributed by atoms with Gasteiger partial charge in [-0.15, -0.1) is 0 Å². The highest BCUT2D eigenvalue weighted by molar-refractivity contribution is 5.55. The lowest BCUT2D eigenvalue weighted by molar-refractivity contribution is 0.175. The Kier molecular flexibility index (Phi) is 4.12. The third-order valence-corrected chi connectivity index (χ3v) is 4.85. The fourth-order valence-corrected chi connectivity index (χ4v) is 3.14. The predicted octanol–water partition coefficient (Wildman–Crippen LogP) is 3.06. The zero-order valence-corrected chi connectivity index (χ0v) is 12.7. The van der Waals surface area contributed by atoms with E-state index >= 15 is 0 Å². The van der Waals surface area contributed by atoms with Gasteiger partial charge >= 0.3 is 0 Å². The first-order valence-electron chi connectivity index (χ1n) is 7.92. The van der Waals surface area contributed by atoms with E-state index in [1.165, 1.54) is 36.9 Å². The Hall–Kier alpha value is -1.60. The van der Waals surface area contributed by atoms with Gasteiger partial charge in [0.25, 0.3) is 0 Å². The van der Waals surface area contributed by atoms with E-state index < -0.39 is 0 Å². The summed E-state index contributed by atoms with van der Waals surface area (Å²) >= 11 is 0. The Balaban J connectivity index is 1.71. The average molecular weight is 285 g/mol. The summed E-state index contributed by atoms with van der Waals surface area (Å²) in [4.78, 5) is 4.73. The fourth-order valence-electron chi connectivity index (χ4n) is 3.14. The van der Waals surface area contributed by atoms with E-state index in [4.69, 9.17) is 9.72 Å². The molecular weight excluding hydrogens is 262 g/mol. The molecule has 2 aliphatic carbocycles. The van der Waals surface area contributed by atoms with E-state index in [2.05, 4.69) is 11.4 Å². The highest BCUT2D eigenvalue weighted by atomic mass is 16.5. The SMILES string of the molecule is COCCC1(CNc2nc3c(cc2C#N)CCCC3)CC1. The average Bonchev–Trinajstić information content (AvgIpc) is 3.30. The minimum Gasteiger partial charge on any atom is -0.385 e. The molecule has 1 N–H and O–H groups in total. The molecule has 0 unspecified atom stereocenters. The second kappa shape index (κ2) is 6.03. The van der Waals surface area contributed by atoms with E-state index in [1.54, 1.807) is 7.11 Å². The Bertz CT molecular complexity index is 558. The van der Waals surface area contributed by atoms with Crippen molar-refractivity contribution in [2.75, 3.05) is 25.6 Å². The van der Waals surface area contributed by atoms with Gasteiger partial charge in [-0.1, -0.05) is 0 Å². The topological polar surface area (TPSA) is 57.9 Å². The van der Waals surface area contributed by atoms with E-state index in [9.17, 15) is 5.26 Å². The molecule has 2 aliphatic rings. The molecular formula is C17H23N3O. The first kappa shape index (κ1) is 14.3. The van der Waals surface area contributed by atoms with Crippen molar-refractivity contribution in [3.05, 3.63) is 22.9 Å². The summed E-state index contributed by atoms with van der Waals surface area (Å²) in [5.41, 5.74) is 3.51. The molecule has 3 rings (SSSR count). The number of rotatable bonds is 6. The van der Waals surface area contributed by atoms with Gasteiger partial charge in [-0.05, 0) is 62.0 Å². The van der Waals surface area contributed by atoms with Crippen molar-refractivity contribution in [1.82, 2.24) is 4.98 Å². The third-order valence-electron chi connectivity index (χ3n) is 4.85. The molecule has 0 atom stereocenters. The quantitative estimate of drug-likeness (QED) is 0.872. The second-order valence-corrected chi connectivity index (χ2v) is 6.41. The number of nitrogens with one attached hydrogen (secondary N) is 1. The lowest BCUT2D eigenvalue weighted by Crippen LogP contribution is -2.19. The number of methoxy groups -OCH3 is 1. The highest BCUT2D eigenvalue weighted by Crippen LogP contribution is 2.48. The van der Waals surface area contributed by atoms with Crippen LogP contribution in [-0.2, 0) is 17.6 Å². The fraction of sp³-hybridized carbons (Fsp3) is 0.647. The van der Waals surface area contributed by atoms with Crippen LogP contribution in [0, 0.1) is 16.7 Å². The molecule has 1 aromatic rings. The molecule has 1 saturated carbocycles. The summed E-state index contributed by atoms with van der Waals surface area (Å²) in [5, 5.41) is 12.8. The lowest BCUT2D eigenvalue weighted by Gasteiger charge is -2.20. The van der Waals surface area contributed by atoms with E-state index in [0.717, 1.165) is 38.2 Å². The summed E-state index contributed by atoms with van der Waals surface area (Å²) < 4.78 is 5.19. The number of nitriles is 1. The molecule has 0 bridgehead atoms. The molecule has 1 fully saturated rings. The van der Waals surface area contributed by atoms with Crippen LogP contribution in [0.2, 0.25) is 0 Å². The maximum Gasteiger partial charge on any atom is 0.144 e. The number of hydrogen-bond donors (Lipinski definition) is 1. The number of aromatic nitrogens is 1. The van der Waals surface area contributed by atoms with Gasteiger partial charge in [0.2, 0.25) is 0 Å². The number of anilines is 1. The summed E-state index contributed by atoms with van der Waals surface area (Å²) in [7, 11) is 1.75. The minimum atomic E-state index is 0.361. The maximum atomic E-state index is 9.36. The van der Waals surface area contributed by atoms with E-state index in [1.807, 2.05) is 6.07 Å². The lowest BCUT2D eigenvalue weighted by atomic mass is 9.95. The molecule has 0 amide bonds. The van der Waals surface area contributed by atoms with Gasteiger partial charge in [0, 0.05) is 26.0 Å². The van der Waals surface area contributed by atoms with E-state index in [0.29, 0.717) is 11.0 Å². The Morgan fingerprint density at radius 2 is 2.19 bits per heavy atom. The largest absolute Gasteiger partial charge is 0.385 e. The van der Waals surface area contributed by atoms with Gasteiger partial charge in [-0.3, -0.25) is 0 Å². The number of nitrogens with zero attached hydrogens (tertiary/aromatic N) is 2. The zero-order valence-electron chi connectivity index (χ0n) is 12.7. The van der Waals surface area contributed by atoms with Gasteiger partial charge in [-0.25, -0.2) is 4.98 Å². The third kappa shape index (κ3) is 3.19. The highest BCUT2D eigenvalue weighted by Gasteiger charge is 2.41. The van der Waals surface area contributed by atoms with Crippen LogP contribution in [0.1, 0.15) is 48.9 Å². The van der Waals surface area contributed by atoms with Crippen molar-refractivity contribution in [3.63, 3.8) is 0 Å². The Labute approximate surface area is 126 Å². The van der Waals surface area contributed by atoms with Crippen LogP contribution >= 0.6 is 0 Å². The van der Waals surface area contributed by atoms with E-state index in [-0.39, 0.29) is 0 Å². The van der Waals surface area contributed by atoms with Gasteiger partial charge in [0.15, 0.2) is 0 Å². The summed E-state index contributed by atoms with van der Waals surface area (Å²) in [6, 6.07) is 4.34. The normalized spacial score (nSPS) is 18.7. The molecule has 112 valence electrons. The van der Waals surface area contributed by atoms with Crippen LogP contribution in [0.3, 0.4) is 0 Å². The van der Waals surface area contributed by atoms with Crippen LogP contribution in [0.25, 0.3) is 0 Å². The van der Waals surface area contributed by atoms with Crippen LogP contribution in [-0.4, -0.2) is 25.2 Å². The van der Waals surface area contributed by atoms with Crippen LogP contribution < -0.4 is 5.32 Å². The first-order valence-corrected chi connectivity index (χ1v) is 7.92. The molecule has 0 aromatic carbocycles. The van der Waals surface area contributed by atoms with Gasteiger partial charge in [0.1, 0.15) is 11.9 Å². The zero-order chi connectivity index (χ0) is 14.7. The molecule has 4 heteroatoms. The van der Waals surface area contributed by atoms with Crippen molar-refractivity contribution in [2.24, 2.45) is 5.41 Å². The molecule has 0 radical (unpaired) electrons. The summed E-state index contributed by atoms with van der Waals surface area (Å²) in [6.45, 7) is 1.71. The van der Waals surface area contributed by atoms with Crippen molar-refractivity contribution < 1.29 is 4.74 Å². The van der Waals surface area contributed by atoms with Crippen LogP contribution in [0.5, 0.6) is 0 Å². The monoisotopic (exact) mass is 285 g/mol. The smallest absolute Gasteiger partial charge is 0.144 e. The van der Waals surface area contributed by atoms with Gasteiger partial charge in [-0.2, -0.15) is 5.26 Å². The molecule has 0 saturated heterocycles. The minimum absolute atomic E-state index is 0.361. The number of hydrogen-bond acceptors (Lipinski definition) is 4. The summed E-state index contributed by atoms with van der Waals surface area (Å²) in [6.07, 6.45) is 8.12. The van der Waals surface area contributed by atoms with Gasteiger partial charge < -0.3 is 10.1 Å². The second-order valence-electron chi connectivity index (χ2n) is 6.41. The van der Waals surface area contributed by atoms with Crippen molar-refractivity contribution in [3.8, 4) is 6.07 Å². The molecule has 21 heavy (non-hydrogen) atoms.